The molecule has 2 N–H and O–H groups in total. The molecule has 0 aromatic rings. The first-order valence-corrected chi connectivity index (χ1v) is 5.82. The van der Waals surface area contributed by atoms with Crippen LogP contribution in [0.5, 0.6) is 0 Å². The predicted octanol–water partition coefficient (Wildman–Crippen LogP) is 0.133. The highest BCUT2D eigenvalue weighted by atomic mass is 16.6. The maximum Gasteiger partial charge on any atom is 0.289 e. The second-order valence-electron chi connectivity index (χ2n) is 4.04. The zero-order valence-electron chi connectivity index (χ0n) is 9.33. The number of ether oxygens (including phenoxy) is 2. The van der Waals surface area contributed by atoms with Crippen LogP contribution in [0.4, 0.5) is 0 Å². The van der Waals surface area contributed by atoms with Crippen molar-refractivity contribution in [2.75, 3.05) is 26.3 Å². The third kappa shape index (κ3) is 3.73. The molecule has 16 heavy (non-hydrogen) atoms. The summed E-state index contributed by atoms with van der Waals surface area (Å²) in [5.74, 6) is 0.0903. The van der Waals surface area contributed by atoms with Crippen LogP contribution in [0.2, 0.25) is 0 Å². The molecule has 1 saturated carbocycles. The molecule has 1 heterocycles. The van der Waals surface area contributed by atoms with E-state index in [1.807, 2.05) is 0 Å². The highest BCUT2D eigenvalue weighted by molar-refractivity contribution is 5.91. The summed E-state index contributed by atoms with van der Waals surface area (Å²) in [4.78, 5) is 11.5. The van der Waals surface area contributed by atoms with Crippen molar-refractivity contribution in [3.05, 3.63) is 12.0 Å². The number of carbonyl (C=O) groups excluding carboxylic acids is 1. The Hall–Kier alpha value is -1.23. The van der Waals surface area contributed by atoms with Gasteiger partial charge < -0.3 is 20.1 Å². The molecule has 0 atom stereocenters. The summed E-state index contributed by atoms with van der Waals surface area (Å²) >= 11 is 0. The molecule has 0 saturated heterocycles. The minimum Gasteiger partial charge on any atom is -0.494 e. The van der Waals surface area contributed by atoms with Crippen molar-refractivity contribution < 1.29 is 14.3 Å². The maximum absolute atomic E-state index is 11.5. The van der Waals surface area contributed by atoms with Crippen molar-refractivity contribution in [3.63, 3.8) is 0 Å². The predicted molar refractivity (Wildman–Crippen MR) is 58.6 cm³/mol. The summed E-state index contributed by atoms with van der Waals surface area (Å²) in [6.07, 6.45) is 4.91. The van der Waals surface area contributed by atoms with Crippen LogP contribution in [0.3, 0.4) is 0 Å². The van der Waals surface area contributed by atoms with E-state index in [4.69, 9.17) is 9.47 Å². The lowest BCUT2D eigenvalue weighted by atomic mass is 10.4. The van der Waals surface area contributed by atoms with Gasteiger partial charge in [-0.25, -0.2) is 0 Å². The lowest BCUT2D eigenvalue weighted by Gasteiger charge is -2.14. The van der Waals surface area contributed by atoms with Gasteiger partial charge in [-0.15, -0.1) is 0 Å². The van der Waals surface area contributed by atoms with Gasteiger partial charge in [-0.2, -0.15) is 0 Å². The van der Waals surface area contributed by atoms with E-state index in [1.165, 1.54) is 19.1 Å². The van der Waals surface area contributed by atoms with E-state index in [-0.39, 0.29) is 11.7 Å². The molecule has 1 fully saturated rings. The van der Waals surface area contributed by atoms with Gasteiger partial charge in [0.25, 0.3) is 5.91 Å². The fourth-order valence-corrected chi connectivity index (χ4v) is 1.46. The number of hydrogen-bond acceptors (Lipinski definition) is 4. The Morgan fingerprint density at radius 1 is 1.38 bits per heavy atom. The van der Waals surface area contributed by atoms with Crippen LogP contribution in [0, 0.1) is 0 Å². The third-order valence-corrected chi connectivity index (χ3v) is 2.52. The lowest BCUT2D eigenvalue weighted by Crippen LogP contribution is -2.31. The molecule has 5 heteroatoms. The summed E-state index contributed by atoms with van der Waals surface area (Å²) in [5, 5.41) is 6.18. The first-order chi connectivity index (χ1) is 7.86. The Labute approximate surface area is 95.2 Å². The van der Waals surface area contributed by atoms with Crippen molar-refractivity contribution >= 4 is 5.91 Å². The summed E-state index contributed by atoms with van der Waals surface area (Å²) in [5.41, 5.74) is 0. The molecule has 2 rings (SSSR count). The van der Waals surface area contributed by atoms with Crippen molar-refractivity contribution in [2.45, 2.75) is 25.3 Å². The minimum absolute atomic E-state index is 0.189. The van der Waals surface area contributed by atoms with Crippen LogP contribution in [-0.4, -0.2) is 38.3 Å². The molecule has 0 unspecified atom stereocenters. The van der Waals surface area contributed by atoms with Gasteiger partial charge in [0.1, 0.15) is 19.5 Å². The van der Waals surface area contributed by atoms with Gasteiger partial charge in [0.05, 0.1) is 0 Å². The van der Waals surface area contributed by atoms with E-state index in [9.17, 15) is 4.79 Å². The minimum atomic E-state index is -0.189. The lowest BCUT2D eigenvalue weighted by molar-refractivity contribution is -0.122. The fraction of sp³-hybridized carbons (Fsp3) is 0.727. The second-order valence-corrected chi connectivity index (χ2v) is 4.04. The summed E-state index contributed by atoms with van der Waals surface area (Å²) in [6, 6.07) is 0.730. The van der Waals surface area contributed by atoms with Crippen LogP contribution >= 0.6 is 0 Å². The molecule has 5 nitrogen and oxygen atoms in total. The molecule has 1 aliphatic carbocycles. The van der Waals surface area contributed by atoms with E-state index in [0.29, 0.717) is 19.8 Å². The first kappa shape index (κ1) is 11.3. The van der Waals surface area contributed by atoms with Crippen molar-refractivity contribution in [1.82, 2.24) is 10.6 Å². The molecule has 0 aromatic heterocycles. The van der Waals surface area contributed by atoms with Crippen molar-refractivity contribution in [2.24, 2.45) is 0 Å². The zero-order chi connectivity index (χ0) is 11.2. The Morgan fingerprint density at radius 2 is 2.25 bits per heavy atom. The van der Waals surface area contributed by atoms with Gasteiger partial charge in [0.2, 0.25) is 5.76 Å². The number of carbonyl (C=O) groups is 1. The van der Waals surface area contributed by atoms with Gasteiger partial charge in [-0.05, 0) is 25.8 Å². The Morgan fingerprint density at radius 3 is 2.94 bits per heavy atom. The van der Waals surface area contributed by atoms with Crippen LogP contribution in [-0.2, 0) is 14.3 Å². The molecule has 0 aromatic carbocycles. The van der Waals surface area contributed by atoms with Gasteiger partial charge in [0.15, 0.2) is 0 Å². The van der Waals surface area contributed by atoms with Crippen LogP contribution in [0.25, 0.3) is 0 Å². The maximum atomic E-state index is 11.5. The molecular weight excluding hydrogens is 208 g/mol. The largest absolute Gasteiger partial charge is 0.494 e. The molecular formula is C11H18N2O3. The molecule has 1 amide bonds. The van der Waals surface area contributed by atoms with Crippen LogP contribution in [0.1, 0.15) is 19.3 Å². The number of hydrogen-bond donors (Lipinski definition) is 2. The number of nitrogens with one attached hydrogen (secondary N) is 2. The fourth-order valence-electron chi connectivity index (χ4n) is 1.46. The summed E-state index contributed by atoms with van der Waals surface area (Å²) in [7, 11) is 0. The van der Waals surface area contributed by atoms with E-state index in [2.05, 4.69) is 10.6 Å². The van der Waals surface area contributed by atoms with E-state index < -0.39 is 0 Å². The van der Waals surface area contributed by atoms with Crippen LogP contribution in [0.15, 0.2) is 12.0 Å². The topological polar surface area (TPSA) is 59.6 Å². The van der Waals surface area contributed by atoms with Crippen LogP contribution < -0.4 is 10.6 Å². The Bertz CT molecular complexity index is 274. The van der Waals surface area contributed by atoms with Crippen molar-refractivity contribution in [1.29, 1.82) is 0 Å². The van der Waals surface area contributed by atoms with Gasteiger partial charge >= 0.3 is 0 Å². The highest BCUT2D eigenvalue weighted by Crippen LogP contribution is 2.18. The SMILES string of the molecule is O=C(NCCCNC1CC1)C1=COCCO1. The van der Waals surface area contributed by atoms with Gasteiger partial charge in [-0.3, -0.25) is 4.79 Å². The molecule has 2 aliphatic rings. The average molecular weight is 226 g/mol. The molecule has 90 valence electrons. The number of amides is 1. The second kappa shape index (κ2) is 5.75. The summed E-state index contributed by atoms with van der Waals surface area (Å²) < 4.78 is 10.2. The summed E-state index contributed by atoms with van der Waals surface area (Å²) in [6.45, 7) is 2.59. The molecule has 0 bridgehead atoms. The molecule has 1 aliphatic heterocycles. The smallest absolute Gasteiger partial charge is 0.289 e. The quantitative estimate of drug-likeness (QED) is 0.632. The monoisotopic (exact) mass is 226 g/mol. The zero-order valence-corrected chi connectivity index (χ0v) is 9.33. The normalized spacial score (nSPS) is 19.4. The first-order valence-electron chi connectivity index (χ1n) is 5.82. The molecule has 0 spiro atoms. The highest BCUT2D eigenvalue weighted by Gasteiger charge is 2.19. The van der Waals surface area contributed by atoms with E-state index in [1.54, 1.807) is 0 Å². The Balaban J connectivity index is 1.54. The van der Waals surface area contributed by atoms with Gasteiger partial charge in [0, 0.05) is 12.6 Å². The molecule has 0 radical (unpaired) electrons. The third-order valence-electron chi connectivity index (χ3n) is 2.52. The van der Waals surface area contributed by atoms with Gasteiger partial charge in [-0.1, -0.05) is 0 Å². The van der Waals surface area contributed by atoms with E-state index >= 15 is 0 Å². The average Bonchev–Trinajstić information content (AvgIpc) is 3.13. The number of rotatable bonds is 6. The standard InChI is InChI=1S/C11H18N2O3/c14-11(10-8-15-6-7-16-10)13-5-1-4-12-9-2-3-9/h8-9,12H,1-7H2,(H,13,14). The Kier molecular flexibility index (Phi) is 4.04. The van der Waals surface area contributed by atoms with E-state index in [0.717, 1.165) is 19.0 Å². The van der Waals surface area contributed by atoms with Crippen molar-refractivity contribution in [3.8, 4) is 0 Å².